The number of carbonyl (C=O) groups excluding carboxylic acids is 2. The number of hydrogen-bond acceptors (Lipinski definition) is 4. The number of amides is 2. The summed E-state index contributed by atoms with van der Waals surface area (Å²) in [4.78, 5) is 29.3. The molecule has 148 valence electrons. The molecule has 6 heteroatoms. The summed E-state index contributed by atoms with van der Waals surface area (Å²) in [5.74, 6) is 1.12. The number of hydrogen-bond donors (Lipinski definition) is 0. The van der Waals surface area contributed by atoms with Crippen LogP contribution in [-0.2, 0) is 0 Å². The standard InChI is InChI=1S/C22H26N2O4/c1-3-28-19-11-10-18(16-20(19)27-2)22(26)24-13-7-12-23(14-15-24)21(25)17-8-5-4-6-9-17/h4-6,8-11,16H,3,7,12-15H2,1-2H3. The molecule has 0 saturated carbocycles. The third-order valence-corrected chi connectivity index (χ3v) is 4.80. The van der Waals surface area contributed by atoms with Gasteiger partial charge in [0, 0.05) is 37.3 Å². The zero-order chi connectivity index (χ0) is 19.9. The molecule has 0 radical (unpaired) electrons. The van der Waals surface area contributed by atoms with Crippen molar-refractivity contribution in [3.05, 3.63) is 59.7 Å². The minimum atomic E-state index is -0.0599. The number of benzene rings is 2. The second kappa shape index (κ2) is 9.26. The molecule has 0 spiro atoms. The van der Waals surface area contributed by atoms with Crippen LogP contribution in [-0.4, -0.2) is 61.5 Å². The van der Waals surface area contributed by atoms with Gasteiger partial charge in [0.1, 0.15) is 0 Å². The first-order valence-electron chi connectivity index (χ1n) is 9.58. The summed E-state index contributed by atoms with van der Waals surface area (Å²) < 4.78 is 10.9. The predicted molar refractivity (Wildman–Crippen MR) is 107 cm³/mol. The van der Waals surface area contributed by atoms with Crippen molar-refractivity contribution in [2.45, 2.75) is 13.3 Å². The topological polar surface area (TPSA) is 59.1 Å². The summed E-state index contributed by atoms with van der Waals surface area (Å²) in [6, 6.07) is 14.5. The van der Waals surface area contributed by atoms with E-state index in [1.54, 1.807) is 30.2 Å². The van der Waals surface area contributed by atoms with Crippen LogP contribution in [0.5, 0.6) is 11.5 Å². The molecule has 2 aromatic carbocycles. The Bertz CT molecular complexity index is 823. The van der Waals surface area contributed by atoms with Gasteiger partial charge in [0.25, 0.3) is 11.8 Å². The van der Waals surface area contributed by atoms with Crippen LogP contribution in [0.15, 0.2) is 48.5 Å². The van der Waals surface area contributed by atoms with Crippen molar-refractivity contribution < 1.29 is 19.1 Å². The average Bonchev–Trinajstić information content (AvgIpc) is 3.00. The normalized spacial score (nSPS) is 14.4. The maximum absolute atomic E-state index is 13.0. The van der Waals surface area contributed by atoms with Crippen molar-refractivity contribution in [1.82, 2.24) is 9.80 Å². The van der Waals surface area contributed by atoms with Gasteiger partial charge >= 0.3 is 0 Å². The Hall–Kier alpha value is -3.02. The highest BCUT2D eigenvalue weighted by Crippen LogP contribution is 2.28. The first-order chi connectivity index (χ1) is 13.6. The lowest BCUT2D eigenvalue weighted by Gasteiger charge is -2.22. The van der Waals surface area contributed by atoms with E-state index in [0.717, 1.165) is 6.42 Å². The zero-order valence-corrected chi connectivity index (χ0v) is 16.4. The van der Waals surface area contributed by atoms with Gasteiger partial charge < -0.3 is 19.3 Å². The molecular formula is C22H26N2O4. The quantitative estimate of drug-likeness (QED) is 0.797. The molecule has 1 aliphatic heterocycles. The molecule has 0 atom stereocenters. The van der Waals surface area contributed by atoms with Gasteiger partial charge in [0.05, 0.1) is 13.7 Å². The summed E-state index contributed by atoms with van der Waals surface area (Å²) >= 11 is 0. The fourth-order valence-corrected chi connectivity index (χ4v) is 3.34. The molecule has 0 unspecified atom stereocenters. The highest BCUT2D eigenvalue weighted by molar-refractivity contribution is 5.96. The van der Waals surface area contributed by atoms with E-state index < -0.39 is 0 Å². The Balaban J connectivity index is 1.68. The highest BCUT2D eigenvalue weighted by atomic mass is 16.5. The second-order valence-electron chi connectivity index (χ2n) is 6.60. The second-order valence-corrected chi connectivity index (χ2v) is 6.60. The molecule has 3 rings (SSSR count). The van der Waals surface area contributed by atoms with E-state index in [0.29, 0.717) is 55.4 Å². The lowest BCUT2D eigenvalue weighted by molar-refractivity contribution is 0.0718. The van der Waals surface area contributed by atoms with Gasteiger partial charge in [-0.15, -0.1) is 0 Å². The molecular weight excluding hydrogens is 356 g/mol. The van der Waals surface area contributed by atoms with Crippen molar-refractivity contribution in [1.29, 1.82) is 0 Å². The maximum atomic E-state index is 13.0. The molecule has 6 nitrogen and oxygen atoms in total. The van der Waals surface area contributed by atoms with E-state index in [4.69, 9.17) is 9.47 Å². The van der Waals surface area contributed by atoms with E-state index in [2.05, 4.69) is 0 Å². The fourth-order valence-electron chi connectivity index (χ4n) is 3.34. The van der Waals surface area contributed by atoms with E-state index in [1.165, 1.54) is 0 Å². The number of rotatable bonds is 5. The summed E-state index contributed by atoms with van der Waals surface area (Å²) in [5, 5.41) is 0. The third-order valence-electron chi connectivity index (χ3n) is 4.80. The van der Waals surface area contributed by atoms with E-state index in [-0.39, 0.29) is 11.8 Å². The van der Waals surface area contributed by atoms with E-state index >= 15 is 0 Å². The van der Waals surface area contributed by atoms with Crippen molar-refractivity contribution in [3.63, 3.8) is 0 Å². The van der Waals surface area contributed by atoms with Crippen molar-refractivity contribution in [2.75, 3.05) is 39.9 Å². The third kappa shape index (κ3) is 4.44. The minimum Gasteiger partial charge on any atom is -0.493 e. The molecule has 2 amide bonds. The van der Waals surface area contributed by atoms with Gasteiger partial charge in [-0.25, -0.2) is 0 Å². The van der Waals surface area contributed by atoms with Crippen molar-refractivity contribution in [2.24, 2.45) is 0 Å². The number of carbonyl (C=O) groups is 2. The van der Waals surface area contributed by atoms with Crippen LogP contribution in [0.2, 0.25) is 0 Å². The van der Waals surface area contributed by atoms with Crippen molar-refractivity contribution in [3.8, 4) is 11.5 Å². The summed E-state index contributed by atoms with van der Waals surface area (Å²) in [6.45, 7) is 4.72. The molecule has 0 bridgehead atoms. The monoisotopic (exact) mass is 382 g/mol. The molecule has 1 saturated heterocycles. The van der Waals surface area contributed by atoms with Gasteiger partial charge in [0.15, 0.2) is 11.5 Å². The Kier molecular flexibility index (Phi) is 6.53. The van der Waals surface area contributed by atoms with E-state index in [1.807, 2.05) is 42.2 Å². The van der Waals surface area contributed by atoms with Crippen LogP contribution in [0.3, 0.4) is 0 Å². The molecule has 1 fully saturated rings. The van der Waals surface area contributed by atoms with Crippen LogP contribution < -0.4 is 9.47 Å². The lowest BCUT2D eigenvalue weighted by atomic mass is 10.1. The molecule has 2 aromatic rings. The minimum absolute atomic E-state index is 0.0117. The zero-order valence-electron chi connectivity index (χ0n) is 16.4. The molecule has 0 N–H and O–H groups in total. The van der Waals surface area contributed by atoms with Gasteiger partial charge in [-0.05, 0) is 43.7 Å². The summed E-state index contributed by atoms with van der Waals surface area (Å²) in [5.41, 5.74) is 1.24. The lowest BCUT2D eigenvalue weighted by Crippen LogP contribution is -2.37. The van der Waals surface area contributed by atoms with Gasteiger partial charge in [0.2, 0.25) is 0 Å². The SMILES string of the molecule is CCOc1ccc(C(=O)N2CCCN(C(=O)c3ccccc3)CC2)cc1OC. The van der Waals surface area contributed by atoms with Crippen LogP contribution in [0.25, 0.3) is 0 Å². The number of ether oxygens (including phenoxy) is 2. The Morgan fingerprint density at radius 1 is 0.857 bits per heavy atom. The average molecular weight is 382 g/mol. The summed E-state index contributed by atoms with van der Waals surface area (Å²) in [7, 11) is 1.56. The van der Waals surface area contributed by atoms with Gasteiger partial charge in [-0.3, -0.25) is 9.59 Å². The van der Waals surface area contributed by atoms with Crippen LogP contribution in [0.4, 0.5) is 0 Å². The molecule has 0 aliphatic carbocycles. The number of nitrogens with zero attached hydrogens (tertiary/aromatic N) is 2. The van der Waals surface area contributed by atoms with Gasteiger partial charge in [-0.1, -0.05) is 18.2 Å². The Morgan fingerprint density at radius 2 is 1.50 bits per heavy atom. The van der Waals surface area contributed by atoms with Crippen molar-refractivity contribution >= 4 is 11.8 Å². The van der Waals surface area contributed by atoms with Crippen LogP contribution in [0.1, 0.15) is 34.1 Å². The van der Waals surface area contributed by atoms with Crippen LogP contribution >= 0.6 is 0 Å². The molecule has 28 heavy (non-hydrogen) atoms. The predicted octanol–water partition coefficient (Wildman–Crippen LogP) is 3.08. The highest BCUT2D eigenvalue weighted by Gasteiger charge is 2.24. The first-order valence-corrected chi connectivity index (χ1v) is 9.58. The smallest absolute Gasteiger partial charge is 0.254 e. The molecule has 1 aliphatic rings. The first kappa shape index (κ1) is 19.7. The largest absolute Gasteiger partial charge is 0.493 e. The van der Waals surface area contributed by atoms with Crippen LogP contribution in [0, 0.1) is 0 Å². The van der Waals surface area contributed by atoms with E-state index in [9.17, 15) is 9.59 Å². The maximum Gasteiger partial charge on any atom is 0.254 e. The van der Waals surface area contributed by atoms with Gasteiger partial charge in [-0.2, -0.15) is 0 Å². The Morgan fingerprint density at radius 3 is 2.11 bits per heavy atom. The number of methoxy groups -OCH3 is 1. The summed E-state index contributed by atoms with van der Waals surface area (Å²) in [6.07, 6.45) is 0.748. The Labute approximate surface area is 165 Å². The fraction of sp³-hybridized carbons (Fsp3) is 0.364. The molecule has 1 heterocycles. The molecule has 0 aromatic heterocycles.